The molecule has 0 fully saturated rings. The molecule has 0 atom stereocenters. The molecule has 19 heavy (non-hydrogen) atoms. The molecule has 0 aliphatic rings. The van der Waals surface area contributed by atoms with E-state index >= 15 is 0 Å². The molecule has 0 rings (SSSR count). The molecule has 0 spiro atoms. The molecule has 0 aromatic carbocycles. The Hall–Kier alpha value is -0.720. The van der Waals surface area contributed by atoms with Gasteiger partial charge in [0, 0.05) is 12.8 Å². The number of rotatable bonds is 14. The summed E-state index contributed by atoms with van der Waals surface area (Å²) in [4.78, 5) is 0. The monoisotopic (exact) mass is 264 g/mol. The Labute approximate surface area is 121 Å². The average Bonchev–Trinajstić information content (AvgIpc) is 2.39. The van der Waals surface area contributed by atoms with Crippen molar-refractivity contribution in [1.29, 1.82) is 5.41 Å². The Bertz CT molecular complexity index is 218. The average molecular weight is 264 g/mol. The lowest BCUT2D eigenvalue weighted by molar-refractivity contribution is 0.549. The van der Waals surface area contributed by atoms with Crippen molar-refractivity contribution < 1.29 is 0 Å². The highest BCUT2D eigenvalue weighted by molar-refractivity contribution is 5.89. The normalized spacial score (nSPS) is 11.1. The fourth-order valence-electron chi connectivity index (χ4n) is 2.24. The maximum Gasteiger partial charge on any atom is 0.111 e. The zero-order valence-electron chi connectivity index (χ0n) is 13.2. The van der Waals surface area contributed by atoms with Crippen LogP contribution in [0.1, 0.15) is 90.9 Å². The quantitative estimate of drug-likeness (QED) is 0.211. The van der Waals surface area contributed by atoms with Gasteiger partial charge in [-0.05, 0) is 13.3 Å². The van der Waals surface area contributed by atoms with Crippen LogP contribution in [0.3, 0.4) is 0 Å². The molecule has 1 N–H and O–H groups in total. The molecule has 0 radical (unpaired) electrons. The molecule has 0 bridgehead atoms. The first-order valence-corrected chi connectivity index (χ1v) is 8.32. The summed E-state index contributed by atoms with van der Waals surface area (Å²) >= 11 is 0. The van der Waals surface area contributed by atoms with E-state index in [9.17, 15) is 0 Å². The lowest BCUT2D eigenvalue weighted by Crippen LogP contribution is -1.83. The van der Waals surface area contributed by atoms with Crippen molar-refractivity contribution in [3.8, 4) is 0 Å². The van der Waals surface area contributed by atoms with Crippen LogP contribution in [0.4, 0.5) is 0 Å². The molecule has 0 unspecified atom stereocenters. The van der Waals surface area contributed by atoms with Gasteiger partial charge < -0.3 is 0 Å². The van der Waals surface area contributed by atoms with Gasteiger partial charge in [-0.2, -0.15) is 0 Å². The van der Waals surface area contributed by atoms with Crippen LogP contribution in [0.2, 0.25) is 0 Å². The molecule has 0 heterocycles. The second kappa shape index (κ2) is 15.3. The Morgan fingerprint density at radius 1 is 0.842 bits per heavy atom. The molecule has 0 aromatic rings. The molecular formula is C18H34N+. The Balaban J connectivity index is 3.01. The molecule has 0 saturated carbocycles. The second-order valence-corrected chi connectivity index (χ2v) is 5.60. The van der Waals surface area contributed by atoms with E-state index in [0.717, 1.165) is 0 Å². The summed E-state index contributed by atoms with van der Waals surface area (Å²) in [5.74, 6) is 0. The summed E-state index contributed by atoms with van der Waals surface area (Å²) in [6.45, 7) is 4.09. The predicted octanol–water partition coefficient (Wildman–Crippen LogP) is 6.49. The molecule has 110 valence electrons. The Kier molecular flexibility index (Phi) is 14.8. The first kappa shape index (κ1) is 18.3. The van der Waals surface area contributed by atoms with E-state index in [2.05, 4.69) is 13.3 Å². The number of hydrogen-bond donors (Lipinski definition) is 1. The molecule has 0 saturated heterocycles. The highest BCUT2D eigenvalue weighted by Crippen LogP contribution is 2.12. The number of nitrogens with one attached hydrogen (secondary N) is 1. The minimum absolute atomic E-state index is 0.634. The van der Waals surface area contributed by atoms with E-state index in [0.29, 0.717) is 5.71 Å². The van der Waals surface area contributed by atoms with Crippen molar-refractivity contribution in [3.05, 3.63) is 18.6 Å². The number of allylic oxidation sites excluding steroid dienone is 2. The van der Waals surface area contributed by atoms with Gasteiger partial charge >= 0.3 is 0 Å². The fraction of sp³-hybridized carbons (Fsp3) is 0.778. The van der Waals surface area contributed by atoms with Gasteiger partial charge in [0.1, 0.15) is 5.71 Å². The van der Waals surface area contributed by atoms with E-state index in [1.54, 1.807) is 0 Å². The standard InChI is InChI=1S/C18H34N/c1-3-4-5-6-7-8-9-10-11-12-13-14-15-16-17-18(2)19/h15-17,19H,3-14H2,1-2H3/q+1/b17-16+,19-18?. The van der Waals surface area contributed by atoms with Gasteiger partial charge in [0.2, 0.25) is 0 Å². The van der Waals surface area contributed by atoms with Gasteiger partial charge in [-0.1, -0.05) is 71.1 Å². The van der Waals surface area contributed by atoms with E-state index in [1.165, 1.54) is 77.0 Å². The van der Waals surface area contributed by atoms with Gasteiger partial charge in [0.05, 0.1) is 12.2 Å². The van der Waals surface area contributed by atoms with Crippen molar-refractivity contribution in [1.82, 2.24) is 0 Å². The number of unbranched alkanes of at least 4 members (excludes halogenated alkanes) is 12. The maximum atomic E-state index is 7.25. The largest absolute Gasteiger partial charge is 0.285 e. The van der Waals surface area contributed by atoms with Crippen LogP contribution in [0.25, 0.3) is 0 Å². The van der Waals surface area contributed by atoms with E-state index in [4.69, 9.17) is 5.41 Å². The van der Waals surface area contributed by atoms with Crippen LogP contribution in [0, 0.1) is 11.8 Å². The van der Waals surface area contributed by atoms with E-state index in [-0.39, 0.29) is 0 Å². The molecule has 1 heteroatoms. The summed E-state index contributed by atoms with van der Waals surface area (Å²) in [5, 5.41) is 7.25. The van der Waals surface area contributed by atoms with Gasteiger partial charge in [-0.25, -0.2) is 0 Å². The third-order valence-corrected chi connectivity index (χ3v) is 3.46. The maximum absolute atomic E-state index is 7.25. The summed E-state index contributed by atoms with van der Waals surface area (Å²) in [5.41, 5.74) is 0.634. The van der Waals surface area contributed by atoms with Crippen LogP contribution >= 0.6 is 0 Å². The molecule has 0 amide bonds. The minimum atomic E-state index is 0.634. The summed E-state index contributed by atoms with van der Waals surface area (Å²) in [7, 11) is 0. The highest BCUT2D eigenvalue weighted by atomic mass is 14.4. The Morgan fingerprint density at radius 2 is 1.32 bits per heavy atom. The van der Waals surface area contributed by atoms with Gasteiger partial charge in [0.15, 0.2) is 0 Å². The summed E-state index contributed by atoms with van der Waals surface area (Å²) < 4.78 is 0. The molecule has 0 aliphatic carbocycles. The first-order chi connectivity index (χ1) is 9.27. The van der Waals surface area contributed by atoms with Gasteiger partial charge in [-0.15, -0.1) is 0 Å². The zero-order valence-corrected chi connectivity index (χ0v) is 13.2. The Morgan fingerprint density at radius 3 is 1.79 bits per heavy atom. The molecular weight excluding hydrogens is 230 g/mol. The minimum Gasteiger partial charge on any atom is -0.285 e. The SMILES string of the molecule is CCCCCCCCCCCCC[CH+]/C=C/C(C)=N. The summed E-state index contributed by atoms with van der Waals surface area (Å²) in [6, 6.07) is 0. The smallest absolute Gasteiger partial charge is 0.111 e. The molecule has 0 aliphatic heterocycles. The molecule has 1 nitrogen and oxygen atoms in total. The zero-order chi connectivity index (χ0) is 14.2. The van der Waals surface area contributed by atoms with Gasteiger partial charge in [0.25, 0.3) is 0 Å². The third-order valence-electron chi connectivity index (χ3n) is 3.46. The van der Waals surface area contributed by atoms with Crippen LogP contribution in [-0.2, 0) is 0 Å². The second-order valence-electron chi connectivity index (χ2n) is 5.60. The van der Waals surface area contributed by atoms with Crippen LogP contribution < -0.4 is 0 Å². The van der Waals surface area contributed by atoms with Crippen LogP contribution in [0.5, 0.6) is 0 Å². The lowest BCUT2D eigenvalue weighted by Gasteiger charge is -2.01. The molecule has 0 aromatic heterocycles. The van der Waals surface area contributed by atoms with E-state index in [1.807, 2.05) is 19.1 Å². The number of hydrogen-bond acceptors (Lipinski definition) is 1. The lowest BCUT2D eigenvalue weighted by atomic mass is 10.0. The van der Waals surface area contributed by atoms with Crippen LogP contribution in [0.15, 0.2) is 12.2 Å². The van der Waals surface area contributed by atoms with E-state index < -0.39 is 0 Å². The third kappa shape index (κ3) is 17.3. The predicted molar refractivity (Wildman–Crippen MR) is 87.9 cm³/mol. The topological polar surface area (TPSA) is 23.9 Å². The summed E-state index contributed by atoms with van der Waals surface area (Å²) in [6.07, 6.45) is 22.7. The highest BCUT2D eigenvalue weighted by Gasteiger charge is 1.95. The van der Waals surface area contributed by atoms with Crippen molar-refractivity contribution >= 4 is 5.71 Å². The van der Waals surface area contributed by atoms with Gasteiger partial charge in [-0.3, -0.25) is 5.41 Å². The van der Waals surface area contributed by atoms with Crippen LogP contribution in [-0.4, -0.2) is 5.71 Å². The van der Waals surface area contributed by atoms with Crippen molar-refractivity contribution in [2.45, 2.75) is 90.9 Å². The van der Waals surface area contributed by atoms with Crippen molar-refractivity contribution in [2.75, 3.05) is 0 Å². The fourth-order valence-corrected chi connectivity index (χ4v) is 2.24. The van der Waals surface area contributed by atoms with Crippen molar-refractivity contribution in [2.24, 2.45) is 0 Å². The van der Waals surface area contributed by atoms with Crippen molar-refractivity contribution in [3.63, 3.8) is 0 Å². The first-order valence-electron chi connectivity index (χ1n) is 8.32.